The van der Waals surface area contributed by atoms with Gasteiger partial charge in [0.05, 0.1) is 28.9 Å². The Morgan fingerprint density at radius 2 is 0.947 bits per heavy atom. The number of nitrogens with zero attached hydrogens (tertiary/aromatic N) is 5. The monoisotopic (exact) mass is 734 g/mol. The van der Waals surface area contributed by atoms with Crippen molar-refractivity contribution < 1.29 is 11.3 Å². The minimum Gasteiger partial charge on any atom is -0.456 e. The highest BCUT2D eigenvalue weighted by atomic mass is 16.3. The molecule has 0 saturated carbocycles. The van der Waals surface area contributed by atoms with E-state index in [1.165, 1.54) is 10.8 Å². The summed E-state index contributed by atoms with van der Waals surface area (Å²) < 4.78 is 53.5. The number of furan rings is 1. The Labute approximate surface area is 333 Å². The molecule has 12 aromatic rings. The highest BCUT2D eigenvalue weighted by Gasteiger charge is 2.20. The predicted octanol–water partition coefficient (Wildman–Crippen LogP) is 13.0. The molecule has 8 aromatic carbocycles. The average molecular weight is 735 g/mol. The Morgan fingerprint density at radius 1 is 0.368 bits per heavy atom. The fraction of sp³-hybridized carbons (Fsp3) is 0. The van der Waals surface area contributed by atoms with Crippen LogP contribution < -0.4 is 0 Å². The zero-order chi connectivity index (χ0) is 41.8. The van der Waals surface area contributed by atoms with Crippen molar-refractivity contribution in [2.75, 3.05) is 0 Å². The molecule has 57 heavy (non-hydrogen) atoms. The van der Waals surface area contributed by atoms with E-state index in [1.54, 1.807) is 0 Å². The summed E-state index contributed by atoms with van der Waals surface area (Å²) in [6, 6.07) is 51.2. The van der Waals surface area contributed by atoms with Crippen molar-refractivity contribution in [3.8, 4) is 45.5 Å². The zero-order valence-corrected chi connectivity index (χ0v) is 30.2. The summed E-state index contributed by atoms with van der Waals surface area (Å²) >= 11 is 0. The number of fused-ring (bicyclic) bond motifs is 9. The average Bonchev–Trinajstić information content (AvgIpc) is 3.96. The lowest BCUT2D eigenvalue weighted by atomic mass is 10.1. The second-order valence-corrected chi connectivity index (χ2v) is 14.1. The van der Waals surface area contributed by atoms with Gasteiger partial charge in [-0.05, 0) is 48.5 Å². The van der Waals surface area contributed by atoms with Crippen molar-refractivity contribution in [2.24, 2.45) is 0 Å². The summed E-state index contributed by atoms with van der Waals surface area (Å²) in [7, 11) is 0. The second kappa shape index (κ2) is 12.3. The van der Waals surface area contributed by atoms with Gasteiger partial charge < -0.3 is 13.6 Å². The molecule has 6 nitrogen and oxygen atoms in total. The van der Waals surface area contributed by atoms with Gasteiger partial charge in [0, 0.05) is 66.4 Å². The van der Waals surface area contributed by atoms with Crippen molar-refractivity contribution in [1.82, 2.24) is 24.1 Å². The lowest BCUT2D eigenvalue weighted by molar-refractivity contribution is 0.669. The van der Waals surface area contributed by atoms with E-state index in [1.807, 2.05) is 72.8 Å². The molecule has 266 valence electrons. The first-order valence-electron chi connectivity index (χ1n) is 21.2. The van der Waals surface area contributed by atoms with Gasteiger partial charge in [0.25, 0.3) is 0 Å². The van der Waals surface area contributed by atoms with Crippen LogP contribution in [0.4, 0.5) is 0 Å². The maximum absolute atomic E-state index is 8.77. The van der Waals surface area contributed by atoms with E-state index in [2.05, 4.69) is 94.1 Å². The normalized spacial score (nSPS) is 13.1. The summed E-state index contributed by atoms with van der Waals surface area (Å²) in [5.74, 6) is 0.577. The molecule has 0 aliphatic heterocycles. The molecule has 0 atom stereocenters. The van der Waals surface area contributed by atoms with Crippen LogP contribution in [0.5, 0.6) is 0 Å². The smallest absolute Gasteiger partial charge is 0.164 e. The van der Waals surface area contributed by atoms with Crippen LogP contribution in [0.25, 0.3) is 111 Å². The first-order chi connectivity index (χ1) is 30.3. The molecule has 0 spiro atoms. The van der Waals surface area contributed by atoms with E-state index in [0.717, 1.165) is 66.2 Å². The first-order valence-corrected chi connectivity index (χ1v) is 18.7. The van der Waals surface area contributed by atoms with Crippen LogP contribution in [0, 0.1) is 0 Å². The summed E-state index contributed by atoms with van der Waals surface area (Å²) in [6.07, 6.45) is 0. The molecule has 0 aliphatic carbocycles. The van der Waals surface area contributed by atoms with Gasteiger partial charge >= 0.3 is 0 Å². The highest BCUT2D eigenvalue weighted by Crippen LogP contribution is 2.41. The van der Waals surface area contributed by atoms with E-state index in [9.17, 15) is 0 Å². The SMILES string of the molecule is [2H]c1c([2H])c([2H])c(-c2nc(-c3ccccc3)nc(-c3cccc(-n4c5cc(-n6c7ccccc7c7ccccc76)ccc5c5cc6c(cc54)oc4ccccc46)c3)n2)c([2H])c1[2H]. The molecule has 0 radical (unpaired) electrons. The molecule has 4 aromatic heterocycles. The van der Waals surface area contributed by atoms with E-state index >= 15 is 0 Å². The van der Waals surface area contributed by atoms with Gasteiger partial charge in [0.15, 0.2) is 17.5 Å². The fourth-order valence-electron chi connectivity index (χ4n) is 8.32. The summed E-state index contributed by atoms with van der Waals surface area (Å²) in [5.41, 5.74) is 8.84. The molecule has 6 heteroatoms. The van der Waals surface area contributed by atoms with E-state index < -0.39 is 18.1 Å². The maximum atomic E-state index is 8.77. The van der Waals surface area contributed by atoms with Gasteiger partial charge in [-0.3, -0.25) is 0 Å². The van der Waals surface area contributed by atoms with Crippen LogP contribution in [-0.2, 0) is 0 Å². The Bertz CT molecular complexity index is 3750. The molecular formula is C51H31N5O. The highest BCUT2D eigenvalue weighted by molar-refractivity contribution is 6.18. The van der Waals surface area contributed by atoms with Gasteiger partial charge in [0.2, 0.25) is 0 Å². The number of benzene rings is 8. The van der Waals surface area contributed by atoms with E-state index in [0.29, 0.717) is 17.0 Å². The van der Waals surface area contributed by atoms with Crippen LogP contribution in [0.15, 0.2) is 192 Å². The van der Waals surface area contributed by atoms with Crippen LogP contribution in [0.3, 0.4) is 0 Å². The Balaban J connectivity index is 1.12. The van der Waals surface area contributed by atoms with Gasteiger partial charge in [-0.2, -0.15) is 0 Å². The van der Waals surface area contributed by atoms with Crippen molar-refractivity contribution in [3.05, 3.63) is 188 Å². The molecule has 0 saturated heterocycles. The third-order valence-electron chi connectivity index (χ3n) is 10.8. The molecular weight excluding hydrogens is 699 g/mol. The molecule has 4 heterocycles. The van der Waals surface area contributed by atoms with Gasteiger partial charge in [-0.15, -0.1) is 0 Å². The predicted molar refractivity (Wildman–Crippen MR) is 232 cm³/mol. The summed E-state index contributed by atoms with van der Waals surface area (Å²) in [4.78, 5) is 14.5. The quantitative estimate of drug-likeness (QED) is 0.177. The van der Waals surface area contributed by atoms with Crippen LogP contribution >= 0.6 is 0 Å². The van der Waals surface area contributed by atoms with Crippen molar-refractivity contribution >= 4 is 65.6 Å². The molecule has 0 fully saturated rings. The topological polar surface area (TPSA) is 61.7 Å². The third-order valence-corrected chi connectivity index (χ3v) is 10.8. The Hall–Kier alpha value is -7.83. The molecule has 0 N–H and O–H groups in total. The third kappa shape index (κ3) is 4.94. The minimum atomic E-state index is -0.485. The van der Waals surface area contributed by atoms with Crippen molar-refractivity contribution in [2.45, 2.75) is 0 Å². The van der Waals surface area contributed by atoms with Crippen molar-refractivity contribution in [1.29, 1.82) is 0 Å². The summed E-state index contributed by atoms with van der Waals surface area (Å²) in [6.45, 7) is 0. The molecule has 12 rings (SSSR count). The summed E-state index contributed by atoms with van der Waals surface area (Å²) in [5, 5.41) is 6.57. The van der Waals surface area contributed by atoms with Gasteiger partial charge in [-0.1, -0.05) is 133 Å². The number of para-hydroxylation sites is 3. The molecule has 0 aliphatic rings. The van der Waals surface area contributed by atoms with Gasteiger partial charge in [0.1, 0.15) is 11.2 Å². The van der Waals surface area contributed by atoms with Crippen molar-refractivity contribution in [3.63, 3.8) is 0 Å². The van der Waals surface area contributed by atoms with E-state index in [4.69, 9.17) is 26.2 Å². The zero-order valence-electron chi connectivity index (χ0n) is 35.2. The van der Waals surface area contributed by atoms with Gasteiger partial charge in [-0.25, -0.2) is 15.0 Å². The Kier molecular flexibility index (Phi) is 5.82. The minimum absolute atomic E-state index is 0.0174. The molecule has 0 bridgehead atoms. The first kappa shape index (κ1) is 26.9. The standard InChI is InChI=1S/C51H31N5O/c1-3-14-32(15-4-1)49-52-50(33-16-5-2-6-17-33)54-51(53-49)34-18-13-19-35(28-34)56-45-29-36(55-43-23-10-7-20-37(43)38-21-8-11-24-44(38)55)26-27-39(45)41-30-42-40-22-9-12-25-47(40)57-48(42)31-46(41)56/h1-31H/i1D,3D,4D,14D,15D. The lowest BCUT2D eigenvalue weighted by Gasteiger charge is -2.13. The fourth-order valence-corrected chi connectivity index (χ4v) is 8.32. The van der Waals surface area contributed by atoms with Crippen LogP contribution in [-0.4, -0.2) is 24.1 Å². The van der Waals surface area contributed by atoms with E-state index in [-0.39, 0.29) is 29.3 Å². The molecule has 0 unspecified atom stereocenters. The number of hydrogen-bond acceptors (Lipinski definition) is 4. The number of rotatable bonds is 5. The number of hydrogen-bond donors (Lipinski definition) is 0. The second-order valence-electron chi connectivity index (χ2n) is 14.1. The number of aromatic nitrogens is 5. The Morgan fingerprint density at radius 3 is 1.72 bits per heavy atom. The largest absolute Gasteiger partial charge is 0.456 e. The van der Waals surface area contributed by atoms with Crippen LogP contribution in [0.2, 0.25) is 0 Å². The lowest BCUT2D eigenvalue weighted by Crippen LogP contribution is -2.01. The van der Waals surface area contributed by atoms with Crippen LogP contribution in [0.1, 0.15) is 6.85 Å². The molecule has 0 amide bonds. The maximum Gasteiger partial charge on any atom is 0.164 e.